The zero-order chi connectivity index (χ0) is 23.8. The van der Waals surface area contributed by atoms with Gasteiger partial charge in [0.1, 0.15) is 0 Å². The van der Waals surface area contributed by atoms with Crippen LogP contribution >= 0.6 is 0 Å². The number of sulfonamides is 1. The number of hydrogen-bond donors (Lipinski definition) is 1. The van der Waals surface area contributed by atoms with E-state index in [-0.39, 0.29) is 37.1 Å². The Hall–Kier alpha value is -2.98. The monoisotopic (exact) mass is 477 g/mol. The second kappa shape index (κ2) is 11.2. The molecule has 10 heteroatoms. The normalized spacial score (nSPS) is 14.6. The first kappa shape index (κ1) is 24.7. The maximum atomic E-state index is 12.9. The van der Waals surface area contributed by atoms with Crippen molar-refractivity contribution in [3.05, 3.63) is 42.5 Å². The van der Waals surface area contributed by atoms with Crippen LogP contribution in [0.25, 0.3) is 0 Å². The van der Waals surface area contributed by atoms with Crippen molar-refractivity contribution in [2.75, 3.05) is 51.3 Å². The molecule has 1 aliphatic rings. The first-order valence-corrected chi connectivity index (χ1v) is 12.5. The summed E-state index contributed by atoms with van der Waals surface area (Å²) in [6.45, 7) is 7.93. The fourth-order valence-corrected chi connectivity index (χ4v) is 4.98. The van der Waals surface area contributed by atoms with Gasteiger partial charge in [-0.3, -0.25) is 0 Å². The highest BCUT2D eigenvalue weighted by molar-refractivity contribution is 7.89. The van der Waals surface area contributed by atoms with Gasteiger partial charge < -0.3 is 24.4 Å². The molecule has 180 valence electrons. The zero-order valence-corrected chi connectivity index (χ0v) is 20.1. The SMILES string of the molecule is CCOc1cc(NC(=O)N2CCN(S(=O)(=O)c3ccccc3)CC2)cc(OCC)c1OCC. The molecule has 0 unspecified atom stereocenters. The zero-order valence-electron chi connectivity index (χ0n) is 19.2. The summed E-state index contributed by atoms with van der Waals surface area (Å²) >= 11 is 0. The van der Waals surface area contributed by atoms with Crippen molar-refractivity contribution in [3.8, 4) is 17.2 Å². The molecule has 1 N–H and O–H groups in total. The minimum atomic E-state index is -3.58. The average molecular weight is 478 g/mol. The summed E-state index contributed by atoms with van der Waals surface area (Å²) in [6, 6.07) is 11.4. The fraction of sp³-hybridized carbons (Fsp3) is 0.435. The van der Waals surface area contributed by atoms with Gasteiger partial charge in [-0.2, -0.15) is 4.31 Å². The summed E-state index contributed by atoms with van der Waals surface area (Å²) < 4.78 is 44.1. The summed E-state index contributed by atoms with van der Waals surface area (Å²) in [5, 5.41) is 2.87. The van der Waals surface area contributed by atoms with Gasteiger partial charge in [-0.25, -0.2) is 13.2 Å². The van der Waals surface area contributed by atoms with E-state index in [2.05, 4.69) is 5.32 Å². The molecular formula is C23H31N3O6S. The Labute approximate surface area is 195 Å². The number of anilines is 1. The van der Waals surface area contributed by atoms with Crippen LogP contribution in [0.15, 0.2) is 47.4 Å². The minimum Gasteiger partial charge on any atom is -0.490 e. The second-order valence-corrected chi connectivity index (χ2v) is 9.17. The van der Waals surface area contributed by atoms with Crippen LogP contribution < -0.4 is 19.5 Å². The molecule has 1 saturated heterocycles. The molecule has 2 aromatic rings. The van der Waals surface area contributed by atoms with E-state index in [1.54, 1.807) is 47.4 Å². The number of carbonyl (C=O) groups is 1. The number of carbonyl (C=O) groups excluding carboxylic acids is 1. The first-order chi connectivity index (χ1) is 15.9. The molecule has 33 heavy (non-hydrogen) atoms. The number of piperazine rings is 1. The van der Waals surface area contributed by atoms with E-state index in [0.29, 0.717) is 42.8 Å². The summed E-state index contributed by atoms with van der Waals surface area (Å²) in [5.41, 5.74) is 0.509. The van der Waals surface area contributed by atoms with Crippen LogP contribution in [0.5, 0.6) is 17.2 Å². The van der Waals surface area contributed by atoms with Crippen molar-refractivity contribution in [2.45, 2.75) is 25.7 Å². The van der Waals surface area contributed by atoms with Gasteiger partial charge in [-0.15, -0.1) is 0 Å². The highest BCUT2D eigenvalue weighted by Crippen LogP contribution is 2.41. The van der Waals surface area contributed by atoms with E-state index >= 15 is 0 Å². The van der Waals surface area contributed by atoms with Crippen LogP contribution in [-0.2, 0) is 10.0 Å². The molecule has 1 heterocycles. The number of ether oxygens (including phenoxy) is 3. The number of nitrogens with one attached hydrogen (secondary N) is 1. The van der Waals surface area contributed by atoms with Crippen LogP contribution in [0.1, 0.15) is 20.8 Å². The maximum Gasteiger partial charge on any atom is 0.321 e. The molecule has 0 aliphatic carbocycles. The molecule has 1 aliphatic heterocycles. The second-order valence-electron chi connectivity index (χ2n) is 7.24. The van der Waals surface area contributed by atoms with Crippen molar-refractivity contribution < 1.29 is 27.4 Å². The molecule has 0 spiro atoms. The lowest BCUT2D eigenvalue weighted by molar-refractivity contribution is 0.184. The number of rotatable bonds is 9. The van der Waals surface area contributed by atoms with Gasteiger partial charge in [-0.1, -0.05) is 18.2 Å². The average Bonchev–Trinajstić information content (AvgIpc) is 2.82. The lowest BCUT2D eigenvalue weighted by Gasteiger charge is -2.34. The number of hydrogen-bond acceptors (Lipinski definition) is 6. The fourth-order valence-electron chi connectivity index (χ4n) is 3.54. The Kier molecular flexibility index (Phi) is 8.40. The Balaban J connectivity index is 1.69. The lowest BCUT2D eigenvalue weighted by atomic mass is 10.2. The van der Waals surface area contributed by atoms with Crippen LogP contribution in [-0.4, -0.2) is 69.7 Å². The van der Waals surface area contributed by atoms with Gasteiger partial charge in [0.15, 0.2) is 11.5 Å². The van der Waals surface area contributed by atoms with Crippen molar-refractivity contribution >= 4 is 21.7 Å². The number of nitrogens with zero attached hydrogens (tertiary/aromatic N) is 2. The van der Waals surface area contributed by atoms with Gasteiger partial charge in [-0.05, 0) is 32.9 Å². The Morgan fingerprint density at radius 1 is 0.879 bits per heavy atom. The molecule has 1 fully saturated rings. The molecular weight excluding hydrogens is 446 g/mol. The van der Waals surface area contributed by atoms with Crippen molar-refractivity contribution in [2.24, 2.45) is 0 Å². The largest absolute Gasteiger partial charge is 0.490 e. The Morgan fingerprint density at radius 2 is 1.42 bits per heavy atom. The summed E-state index contributed by atoms with van der Waals surface area (Å²) in [6.07, 6.45) is 0. The standard InChI is InChI=1S/C23H31N3O6S/c1-4-30-20-16-18(17-21(31-5-2)22(20)32-6-3)24-23(27)25-12-14-26(15-13-25)33(28,29)19-10-8-7-9-11-19/h7-11,16-17H,4-6,12-15H2,1-3H3,(H,24,27). The lowest BCUT2D eigenvalue weighted by Crippen LogP contribution is -2.51. The first-order valence-electron chi connectivity index (χ1n) is 11.1. The van der Waals surface area contributed by atoms with E-state index in [0.717, 1.165) is 0 Å². The molecule has 0 bridgehead atoms. The third-order valence-corrected chi connectivity index (χ3v) is 6.98. The molecule has 2 aromatic carbocycles. The molecule has 9 nitrogen and oxygen atoms in total. The van der Waals surface area contributed by atoms with E-state index in [1.807, 2.05) is 20.8 Å². The summed E-state index contributed by atoms with van der Waals surface area (Å²) in [7, 11) is -3.58. The predicted molar refractivity (Wildman–Crippen MR) is 126 cm³/mol. The van der Waals surface area contributed by atoms with Gasteiger partial charge >= 0.3 is 6.03 Å². The Bertz CT molecular complexity index is 1010. The molecule has 0 saturated carbocycles. The molecule has 0 atom stereocenters. The van der Waals surface area contributed by atoms with Crippen LogP contribution in [0, 0.1) is 0 Å². The van der Waals surface area contributed by atoms with Crippen LogP contribution in [0.4, 0.5) is 10.5 Å². The third kappa shape index (κ3) is 5.88. The van der Waals surface area contributed by atoms with Gasteiger partial charge in [0.25, 0.3) is 0 Å². The highest BCUT2D eigenvalue weighted by atomic mass is 32.2. The third-order valence-electron chi connectivity index (χ3n) is 5.07. The van der Waals surface area contributed by atoms with Crippen molar-refractivity contribution in [3.63, 3.8) is 0 Å². The highest BCUT2D eigenvalue weighted by Gasteiger charge is 2.30. The minimum absolute atomic E-state index is 0.225. The number of amides is 2. The van der Waals surface area contributed by atoms with Crippen LogP contribution in [0.2, 0.25) is 0 Å². The molecule has 2 amide bonds. The molecule has 3 rings (SSSR count). The number of benzene rings is 2. The number of urea groups is 1. The maximum absolute atomic E-state index is 12.9. The molecule has 0 radical (unpaired) electrons. The van der Waals surface area contributed by atoms with Gasteiger partial charge in [0.05, 0.1) is 30.4 Å². The van der Waals surface area contributed by atoms with E-state index in [4.69, 9.17) is 14.2 Å². The van der Waals surface area contributed by atoms with Crippen molar-refractivity contribution in [1.29, 1.82) is 0 Å². The van der Waals surface area contributed by atoms with E-state index < -0.39 is 10.0 Å². The predicted octanol–water partition coefficient (Wildman–Crippen LogP) is 3.42. The van der Waals surface area contributed by atoms with Gasteiger partial charge in [0.2, 0.25) is 15.8 Å². The van der Waals surface area contributed by atoms with Crippen molar-refractivity contribution in [1.82, 2.24) is 9.21 Å². The smallest absolute Gasteiger partial charge is 0.321 e. The summed E-state index contributed by atoms with van der Waals surface area (Å²) in [5.74, 6) is 1.47. The molecule has 0 aromatic heterocycles. The quantitative estimate of drug-likeness (QED) is 0.594. The van der Waals surface area contributed by atoms with E-state index in [9.17, 15) is 13.2 Å². The Morgan fingerprint density at radius 3 is 1.94 bits per heavy atom. The summed E-state index contributed by atoms with van der Waals surface area (Å²) in [4.78, 5) is 14.7. The van der Waals surface area contributed by atoms with Crippen LogP contribution in [0.3, 0.4) is 0 Å². The topological polar surface area (TPSA) is 97.4 Å². The van der Waals surface area contributed by atoms with E-state index in [1.165, 1.54) is 4.31 Å². The van der Waals surface area contributed by atoms with Gasteiger partial charge in [0, 0.05) is 38.3 Å².